The zero-order valence-corrected chi connectivity index (χ0v) is 15.7. The van der Waals surface area contributed by atoms with Crippen LogP contribution in [0.4, 0.5) is 5.69 Å². The van der Waals surface area contributed by atoms with Gasteiger partial charge in [-0.05, 0) is 29.7 Å². The van der Waals surface area contributed by atoms with Crippen molar-refractivity contribution in [1.82, 2.24) is 5.32 Å². The highest BCUT2D eigenvalue weighted by Crippen LogP contribution is 2.25. The summed E-state index contributed by atoms with van der Waals surface area (Å²) < 4.78 is 25.7. The summed E-state index contributed by atoms with van der Waals surface area (Å²) in [6.45, 7) is 6.60. The van der Waals surface area contributed by atoms with Crippen molar-refractivity contribution in [2.24, 2.45) is 0 Å². The summed E-state index contributed by atoms with van der Waals surface area (Å²) in [7, 11) is -3.12. The minimum Gasteiger partial charge on any atom is -0.312 e. The first-order valence-electron chi connectivity index (χ1n) is 8.74. The van der Waals surface area contributed by atoms with Gasteiger partial charge in [-0.1, -0.05) is 56.3 Å². The van der Waals surface area contributed by atoms with E-state index in [1.165, 1.54) is 9.87 Å². The fraction of sp³-hybridized carbons (Fsp3) is 0.400. The molecule has 4 nitrogen and oxygen atoms in total. The molecule has 0 spiro atoms. The maximum absolute atomic E-state index is 12.1. The molecule has 1 aliphatic rings. The van der Waals surface area contributed by atoms with E-state index in [-0.39, 0.29) is 11.2 Å². The second-order valence-corrected chi connectivity index (χ2v) is 9.28. The molecule has 2 aromatic rings. The van der Waals surface area contributed by atoms with E-state index in [1.807, 2.05) is 30.3 Å². The van der Waals surface area contributed by atoms with E-state index in [4.69, 9.17) is 0 Å². The predicted octanol–water partition coefficient (Wildman–Crippen LogP) is 3.29. The van der Waals surface area contributed by atoms with Crippen LogP contribution in [0.5, 0.6) is 0 Å². The second kappa shape index (κ2) is 7.18. The largest absolute Gasteiger partial charge is 0.312 e. The SMILES string of the molecule is CC(C)(CNCc1cccc(N2CCCS2(=O)=O)c1)c1ccccc1. The highest BCUT2D eigenvalue weighted by atomic mass is 32.2. The number of nitrogens with zero attached hydrogens (tertiary/aromatic N) is 1. The van der Waals surface area contributed by atoms with Crippen LogP contribution in [0.15, 0.2) is 54.6 Å². The molecule has 0 radical (unpaired) electrons. The molecule has 1 aliphatic heterocycles. The van der Waals surface area contributed by atoms with Gasteiger partial charge in [0.05, 0.1) is 11.4 Å². The summed E-state index contributed by atoms with van der Waals surface area (Å²) in [4.78, 5) is 0. The lowest BCUT2D eigenvalue weighted by Gasteiger charge is -2.26. The van der Waals surface area contributed by atoms with Gasteiger partial charge in [0, 0.05) is 25.0 Å². The van der Waals surface area contributed by atoms with Crippen LogP contribution in [-0.4, -0.2) is 27.3 Å². The fourth-order valence-electron chi connectivity index (χ4n) is 3.26. The number of anilines is 1. The Morgan fingerprint density at radius 3 is 2.52 bits per heavy atom. The van der Waals surface area contributed by atoms with Gasteiger partial charge in [-0.2, -0.15) is 0 Å². The molecule has 1 saturated heterocycles. The van der Waals surface area contributed by atoms with Crippen molar-refractivity contribution in [3.63, 3.8) is 0 Å². The van der Waals surface area contributed by atoms with Crippen molar-refractivity contribution in [2.75, 3.05) is 23.1 Å². The Bertz CT molecular complexity index is 817. The van der Waals surface area contributed by atoms with Crippen molar-refractivity contribution in [2.45, 2.75) is 32.2 Å². The van der Waals surface area contributed by atoms with E-state index in [0.29, 0.717) is 13.0 Å². The van der Waals surface area contributed by atoms with Crippen LogP contribution in [0.2, 0.25) is 0 Å². The average molecular weight is 359 g/mol. The van der Waals surface area contributed by atoms with Crippen LogP contribution in [0.25, 0.3) is 0 Å². The maximum atomic E-state index is 12.1. The third-order valence-corrected chi connectivity index (χ3v) is 6.62. The van der Waals surface area contributed by atoms with Gasteiger partial charge in [0.15, 0.2) is 0 Å². The first-order valence-corrected chi connectivity index (χ1v) is 10.3. The lowest BCUT2D eigenvalue weighted by molar-refractivity contribution is 0.469. The van der Waals surface area contributed by atoms with Crippen LogP contribution in [0, 0.1) is 0 Å². The Morgan fingerprint density at radius 2 is 1.84 bits per heavy atom. The van der Waals surface area contributed by atoms with E-state index in [2.05, 4.69) is 43.4 Å². The monoisotopic (exact) mass is 358 g/mol. The smallest absolute Gasteiger partial charge is 0.235 e. The minimum atomic E-state index is -3.12. The standard InChI is InChI=1S/C20H26N2O2S/c1-20(2,18-9-4-3-5-10-18)16-21-15-17-8-6-11-19(14-17)22-12-7-13-25(22,23)24/h3-6,8-11,14,21H,7,12-13,15-16H2,1-2H3. The number of sulfonamides is 1. The van der Waals surface area contributed by atoms with Crippen LogP contribution >= 0.6 is 0 Å². The quantitative estimate of drug-likeness (QED) is 0.862. The van der Waals surface area contributed by atoms with E-state index in [1.54, 1.807) is 0 Å². The van der Waals surface area contributed by atoms with Crippen molar-refractivity contribution in [3.8, 4) is 0 Å². The molecule has 0 amide bonds. The van der Waals surface area contributed by atoms with E-state index >= 15 is 0 Å². The molecule has 134 valence electrons. The van der Waals surface area contributed by atoms with Gasteiger partial charge in [0.2, 0.25) is 10.0 Å². The summed E-state index contributed by atoms with van der Waals surface area (Å²) in [6, 6.07) is 18.3. The molecular formula is C20H26N2O2S. The summed E-state index contributed by atoms with van der Waals surface area (Å²) >= 11 is 0. The normalized spacial score (nSPS) is 17.0. The van der Waals surface area contributed by atoms with Gasteiger partial charge in [-0.25, -0.2) is 8.42 Å². The van der Waals surface area contributed by atoms with Crippen LogP contribution in [-0.2, 0) is 22.0 Å². The zero-order valence-electron chi connectivity index (χ0n) is 14.9. The van der Waals surface area contributed by atoms with Crippen molar-refractivity contribution in [3.05, 3.63) is 65.7 Å². The number of hydrogen-bond acceptors (Lipinski definition) is 3. The summed E-state index contributed by atoms with van der Waals surface area (Å²) in [5.74, 6) is 0.251. The zero-order chi connectivity index (χ0) is 17.9. The molecule has 1 N–H and O–H groups in total. The van der Waals surface area contributed by atoms with Crippen molar-refractivity contribution in [1.29, 1.82) is 0 Å². The van der Waals surface area contributed by atoms with Gasteiger partial charge in [-0.15, -0.1) is 0 Å². The van der Waals surface area contributed by atoms with E-state index in [0.717, 1.165) is 24.3 Å². The molecule has 3 rings (SSSR count). The fourth-order valence-corrected chi connectivity index (χ4v) is 4.82. The average Bonchev–Trinajstić information content (AvgIpc) is 2.95. The Kier molecular flexibility index (Phi) is 5.16. The Morgan fingerprint density at radius 1 is 1.08 bits per heavy atom. The molecule has 5 heteroatoms. The molecule has 2 aromatic carbocycles. The van der Waals surface area contributed by atoms with Gasteiger partial charge in [0.25, 0.3) is 0 Å². The Balaban J connectivity index is 1.64. The number of benzene rings is 2. The Labute approximate surface area is 150 Å². The molecule has 0 saturated carbocycles. The minimum absolute atomic E-state index is 0.0389. The highest BCUT2D eigenvalue weighted by Gasteiger charge is 2.28. The number of hydrogen-bond donors (Lipinski definition) is 1. The molecule has 0 aromatic heterocycles. The van der Waals surface area contributed by atoms with Gasteiger partial charge in [-0.3, -0.25) is 4.31 Å². The van der Waals surface area contributed by atoms with E-state index in [9.17, 15) is 8.42 Å². The van der Waals surface area contributed by atoms with Crippen LogP contribution in [0.1, 0.15) is 31.4 Å². The molecule has 0 atom stereocenters. The van der Waals surface area contributed by atoms with Crippen molar-refractivity contribution >= 4 is 15.7 Å². The molecule has 1 fully saturated rings. The summed E-state index contributed by atoms with van der Waals surface area (Å²) in [5.41, 5.74) is 3.22. The van der Waals surface area contributed by atoms with Crippen molar-refractivity contribution < 1.29 is 8.42 Å². The number of rotatable bonds is 6. The molecule has 0 aliphatic carbocycles. The molecular weight excluding hydrogens is 332 g/mol. The predicted molar refractivity (Wildman–Crippen MR) is 103 cm³/mol. The molecule has 0 unspecified atom stereocenters. The molecule has 25 heavy (non-hydrogen) atoms. The van der Waals surface area contributed by atoms with Gasteiger partial charge < -0.3 is 5.32 Å². The summed E-state index contributed by atoms with van der Waals surface area (Å²) in [5, 5.41) is 3.51. The Hall–Kier alpha value is -1.85. The third kappa shape index (κ3) is 4.22. The first kappa shape index (κ1) is 18.0. The van der Waals surface area contributed by atoms with Gasteiger partial charge >= 0.3 is 0 Å². The molecule has 1 heterocycles. The second-order valence-electron chi connectivity index (χ2n) is 7.27. The highest BCUT2D eigenvalue weighted by molar-refractivity contribution is 7.93. The van der Waals surface area contributed by atoms with Gasteiger partial charge in [0.1, 0.15) is 0 Å². The number of nitrogens with one attached hydrogen (secondary N) is 1. The van der Waals surface area contributed by atoms with Crippen LogP contribution < -0.4 is 9.62 Å². The lowest BCUT2D eigenvalue weighted by Crippen LogP contribution is -2.32. The first-order chi connectivity index (χ1) is 11.9. The van der Waals surface area contributed by atoms with E-state index < -0.39 is 10.0 Å². The summed E-state index contributed by atoms with van der Waals surface area (Å²) in [6.07, 6.45) is 0.704. The maximum Gasteiger partial charge on any atom is 0.235 e. The lowest BCUT2D eigenvalue weighted by atomic mass is 9.84. The topological polar surface area (TPSA) is 49.4 Å². The third-order valence-electron chi connectivity index (χ3n) is 4.75. The van der Waals surface area contributed by atoms with Crippen LogP contribution in [0.3, 0.4) is 0 Å². The molecule has 0 bridgehead atoms.